The van der Waals surface area contributed by atoms with Crippen LogP contribution >= 0.6 is 0 Å². The lowest BCUT2D eigenvalue weighted by Gasteiger charge is -2.40. The van der Waals surface area contributed by atoms with E-state index in [2.05, 4.69) is 25.1 Å². The van der Waals surface area contributed by atoms with Gasteiger partial charge in [-0.25, -0.2) is 0 Å². The molecule has 14 heavy (non-hydrogen) atoms. The molecule has 1 aromatic rings. The monoisotopic (exact) mass is 191 g/mol. The molecule has 0 bridgehead atoms. The number of aromatic hydroxyl groups is 1. The second-order valence-electron chi connectivity index (χ2n) is 4.38. The fourth-order valence-corrected chi connectivity index (χ4v) is 2.06. The van der Waals surface area contributed by atoms with Crippen LogP contribution in [0.15, 0.2) is 24.3 Å². The Morgan fingerprint density at radius 2 is 2.00 bits per heavy atom. The van der Waals surface area contributed by atoms with Crippen molar-refractivity contribution >= 4 is 0 Å². The van der Waals surface area contributed by atoms with E-state index in [1.54, 1.807) is 6.07 Å². The Kier molecular flexibility index (Phi) is 2.46. The van der Waals surface area contributed by atoms with Gasteiger partial charge in [0.2, 0.25) is 0 Å². The van der Waals surface area contributed by atoms with Crippen LogP contribution in [0.3, 0.4) is 0 Å². The maximum atomic E-state index is 9.35. The minimum absolute atomic E-state index is 0.385. The third kappa shape index (κ3) is 1.75. The van der Waals surface area contributed by atoms with Crippen molar-refractivity contribution in [2.75, 3.05) is 14.1 Å². The number of rotatable bonds is 2. The van der Waals surface area contributed by atoms with E-state index < -0.39 is 0 Å². The van der Waals surface area contributed by atoms with Gasteiger partial charge in [0.15, 0.2) is 0 Å². The summed E-state index contributed by atoms with van der Waals surface area (Å²) in [6, 6.07) is 8.37. The minimum atomic E-state index is 0.385. The summed E-state index contributed by atoms with van der Waals surface area (Å²) in [7, 11) is 4.26. The highest BCUT2D eigenvalue weighted by Crippen LogP contribution is 2.39. The molecule has 76 valence electrons. The molecule has 2 nitrogen and oxygen atoms in total. The molecule has 1 aliphatic carbocycles. The molecule has 0 aliphatic heterocycles. The van der Waals surface area contributed by atoms with Crippen LogP contribution in [0.5, 0.6) is 5.75 Å². The van der Waals surface area contributed by atoms with Gasteiger partial charge in [0.25, 0.3) is 0 Å². The average Bonchev–Trinajstić information content (AvgIpc) is 2.00. The van der Waals surface area contributed by atoms with Crippen LogP contribution in [0, 0.1) is 0 Å². The Hall–Kier alpha value is -1.02. The molecule has 1 aliphatic rings. The van der Waals surface area contributed by atoms with Crippen molar-refractivity contribution in [3.8, 4) is 5.75 Å². The summed E-state index contributed by atoms with van der Waals surface area (Å²) in [6.45, 7) is 0. The average molecular weight is 191 g/mol. The molecule has 0 amide bonds. The van der Waals surface area contributed by atoms with E-state index in [1.807, 2.05) is 12.1 Å². The van der Waals surface area contributed by atoms with E-state index in [1.165, 1.54) is 18.4 Å². The third-order valence-corrected chi connectivity index (χ3v) is 3.19. The predicted molar refractivity (Wildman–Crippen MR) is 57.6 cm³/mol. The SMILES string of the molecule is CN(C)C1CC(c2cccc(O)c2)C1. The summed E-state index contributed by atoms with van der Waals surface area (Å²) in [5.41, 5.74) is 1.28. The maximum absolute atomic E-state index is 9.35. The summed E-state index contributed by atoms with van der Waals surface area (Å²) in [4.78, 5) is 2.28. The Balaban J connectivity index is 2.00. The molecule has 2 heteroatoms. The zero-order valence-corrected chi connectivity index (χ0v) is 8.77. The zero-order chi connectivity index (χ0) is 10.1. The van der Waals surface area contributed by atoms with Gasteiger partial charge in [-0.05, 0) is 50.6 Å². The molecule has 0 saturated heterocycles. The molecule has 1 saturated carbocycles. The van der Waals surface area contributed by atoms with Crippen LogP contribution in [-0.2, 0) is 0 Å². The van der Waals surface area contributed by atoms with Gasteiger partial charge in [-0.2, -0.15) is 0 Å². The topological polar surface area (TPSA) is 23.5 Å². The summed E-state index contributed by atoms with van der Waals surface area (Å²) in [6.07, 6.45) is 2.44. The lowest BCUT2D eigenvalue weighted by Crippen LogP contribution is -2.39. The van der Waals surface area contributed by atoms with Crippen molar-refractivity contribution in [1.29, 1.82) is 0 Å². The van der Waals surface area contributed by atoms with Crippen LogP contribution in [-0.4, -0.2) is 30.1 Å². The lowest BCUT2D eigenvalue weighted by atomic mass is 9.75. The maximum Gasteiger partial charge on any atom is 0.115 e. The van der Waals surface area contributed by atoms with E-state index >= 15 is 0 Å². The fourth-order valence-electron chi connectivity index (χ4n) is 2.06. The number of hydrogen-bond acceptors (Lipinski definition) is 2. The van der Waals surface area contributed by atoms with Crippen molar-refractivity contribution in [3.63, 3.8) is 0 Å². The normalized spacial score (nSPS) is 26.2. The van der Waals surface area contributed by atoms with Crippen LogP contribution in [0.2, 0.25) is 0 Å². The van der Waals surface area contributed by atoms with Gasteiger partial charge in [0.05, 0.1) is 0 Å². The van der Waals surface area contributed by atoms with Crippen molar-refractivity contribution in [2.24, 2.45) is 0 Å². The summed E-state index contributed by atoms with van der Waals surface area (Å²) in [5, 5.41) is 9.35. The van der Waals surface area contributed by atoms with Gasteiger partial charge in [0.1, 0.15) is 5.75 Å². The summed E-state index contributed by atoms with van der Waals surface area (Å²) < 4.78 is 0. The van der Waals surface area contributed by atoms with Gasteiger partial charge >= 0.3 is 0 Å². The molecular formula is C12H17NO. The van der Waals surface area contributed by atoms with Gasteiger partial charge in [0, 0.05) is 6.04 Å². The van der Waals surface area contributed by atoms with Crippen molar-refractivity contribution in [2.45, 2.75) is 24.8 Å². The second kappa shape index (κ2) is 3.62. The lowest BCUT2D eigenvalue weighted by molar-refractivity contribution is 0.166. The van der Waals surface area contributed by atoms with E-state index in [4.69, 9.17) is 0 Å². The molecule has 0 heterocycles. The van der Waals surface area contributed by atoms with Crippen LogP contribution in [0.1, 0.15) is 24.3 Å². The van der Waals surface area contributed by atoms with Crippen LogP contribution in [0.25, 0.3) is 0 Å². The molecular weight excluding hydrogens is 174 g/mol. The second-order valence-corrected chi connectivity index (χ2v) is 4.38. The van der Waals surface area contributed by atoms with E-state index in [9.17, 15) is 5.11 Å². The first-order valence-corrected chi connectivity index (χ1v) is 5.12. The van der Waals surface area contributed by atoms with E-state index in [-0.39, 0.29) is 0 Å². The Labute approximate surface area is 85.2 Å². The summed E-state index contributed by atoms with van der Waals surface area (Å²) in [5.74, 6) is 1.03. The van der Waals surface area contributed by atoms with E-state index in [0.717, 1.165) is 6.04 Å². The molecule has 0 atom stereocenters. The first-order chi connectivity index (χ1) is 6.66. The first-order valence-electron chi connectivity index (χ1n) is 5.12. The number of phenolic OH excluding ortho intramolecular Hbond substituents is 1. The molecule has 1 N–H and O–H groups in total. The largest absolute Gasteiger partial charge is 0.508 e. The van der Waals surface area contributed by atoms with E-state index in [0.29, 0.717) is 11.7 Å². The smallest absolute Gasteiger partial charge is 0.115 e. The number of phenols is 1. The van der Waals surface area contributed by atoms with Crippen molar-refractivity contribution in [1.82, 2.24) is 4.90 Å². The minimum Gasteiger partial charge on any atom is -0.508 e. The van der Waals surface area contributed by atoms with Gasteiger partial charge in [-0.1, -0.05) is 12.1 Å². The van der Waals surface area contributed by atoms with Crippen LogP contribution in [0.4, 0.5) is 0 Å². The first kappa shape index (κ1) is 9.53. The number of hydrogen-bond donors (Lipinski definition) is 1. The predicted octanol–water partition coefficient (Wildman–Crippen LogP) is 2.20. The number of benzene rings is 1. The molecule has 0 radical (unpaired) electrons. The molecule has 0 aromatic heterocycles. The standard InChI is InChI=1S/C12H17NO/c1-13(2)11-6-10(7-11)9-4-3-5-12(14)8-9/h3-5,8,10-11,14H,6-7H2,1-2H3. The third-order valence-electron chi connectivity index (χ3n) is 3.19. The van der Waals surface area contributed by atoms with Gasteiger partial charge in [-0.15, -0.1) is 0 Å². The highest BCUT2D eigenvalue weighted by molar-refractivity contribution is 5.31. The van der Waals surface area contributed by atoms with Gasteiger partial charge < -0.3 is 10.0 Å². The van der Waals surface area contributed by atoms with Crippen molar-refractivity contribution < 1.29 is 5.11 Å². The highest BCUT2D eigenvalue weighted by atomic mass is 16.3. The Bertz CT molecular complexity index is 316. The number of nitrogens with zero attached hydrogens (tertiary/aromatic N) is 1. The molecule has 0 spiro atoms. The van der Waals surface area contributed by atoms with Gasteiger partial charge in [-0.3, -0.25) is 0 Å². The quantitative estimate of drug-likeness (QED) is 0.774. The molecule has 1 fully saturated rings. The zero-order valence-electron chi connectivity index (χ0n) is 8.77. The summed E-state index contributed by atoms with van der Waals surface area (Å²) >= 11 is 0. The Morgan fingerprint density at radius 3 is 2.57 bits per heavy atom. The fraction of sp³-hybridized carbons (Fsp3) is 0.500. The molecule has 0 unspecified atom stereocenters. The van der Waals surface area contributed by atoms with Crippen molar-refractivity contribution in [3.05, 3.63) is 29.8 Å². The van der Waals surface area contributed by atoms with Crippen LogP contribution < -0.4 is 0 Å². The molecule has 1 aromatic carbocycles. The molecule has 2 rings (SSSR count). The Morgan fingerprint density at radius 1 is 1.29 bits per heavy atom. The highest BCUT2D eigenvalue weighted by Gasteiger charge is 2.31.